The van der Waals surface area contributed by atoms with Crippen LogP contribution < -0.4 is 5.32 Å². The lowest BCUT2D eigenvalue weighted by Crippen LogP contribution is -2.37. The van der Waals surface area contributed by atoms with Gasteiger partial charge in [-0.3, -0.25) is 0 Å². The quantitative estimate of drug-likeness (QED) is 0.356. The molecule has 4 aromatic rings. The van der Waals surface area contributed by atoms with Crippen molar-refractivity contribution >= 4 is 22.6 Å². The Hall–Kier alpha value is -3.28. The van der Waals surface area contributed by atoms with Crippen LogP contribution in [0, 0.1) is 6.92 Å². The molecular weight excluding hydrogens is 478 g/mol. The second-order valence-corrected chi connectivity index (χ2v) is 9.67. The van der Waals surface area contributed by atoms with E-state index in [-0.39, 0.29) is 24.9 Å². The predicted octanol–water partition coefficient (Wildman–Crippen LogP) is 5.38. The number of anilines is 1. The van der Waals surface area contributed by atoms with Crippen LogP contribution in [0.4, 0.5) is 23.5 Å². The van der Waals surface area contributed by atoms with E-state index < -0.39 is 18.6 Å². The SMILES string of the molecule is Cc1nc2ncc(-c3ccn4nc(N[C@H]5CC[C@@H](OC(F)F)CC5)ncc34)cc2n1C1CC(F)(F)C1. The second-order valence-electron chi connectivity index (χ2n) is 9.67. The van der Waals surface area contributed by atoms with Crippen LogP contribution in [0.1, 0.15) is 50.4 Å². The van der Waals surface area contributed by atoms with Crippen molar-refractivity contribution in [2.75, 3.05) is 5.32 Å². The summed E-state index contributed by atoms with van der Waals surface area (Å²) in [6.07, 6.45) is 6.97. The average Bonchev–Trinajstić information content (AvgIpc) is 3.37. The zero-order valence-corrected chi connectivity index (χ0v) is 19.5. The highest BCUT2D eigenvalue weighted by molar-refractivity contribution is 5.85. The van der Waals surface area contributed by atoms with Gasteiger partial charge in [-0.15, -0.1) is 5.10 Å². The molecule has 0 saturated heterocycles. The first-order chi connectivity index (χ1) is 17.3. The Morgan fingerprint density at radius 3 is 2.58 bits per heavy atom. The Balaban J connectivity index is 1.22. The van der Waals surface area contributed by atoms with Crippen LogP contribution >= 0.6 is 0 Å². The van der Waals surface area contributed by atoms with E-state index in [9.17, 15) is 17.6 Å². The fraction of sp³-hybridized carbons (Fsp3) is 0.500. The second kappa shape index (κ2) is 8.68. The van der Waals surface area contributed by atoms with Gasteiger partial charge in [-0.25, -0.2) is 28.2 Å². The minimum absolute atomic E-state index is 0.0871. The third-order valence-corrected chi connectivity index (χ3v) is 7.19. The van der Waals surface area contributed by atoms with E-state index in [1.54, 1.807) is 16.9 Å². The van der Waals surface area contributed by atoms with E-state index >= 15 is 0 Å². The highest BCUT2D eigenvalue weighted by atomic mass is 19.3. The Morgan fingerprint density at radius 2 is 1.86 bits per heavy atom. The van der Waals surface area contributed by atoms with Gasteiger partial charge in [-0.1, -0.05) is 0 Å². The van der Waals surface area contributed by atoms with Gasteiger partial charge < -0.3 is 14.6 Å². The monoisotopic (exact) mass is 503 g/mol. The Morgan fingerprint density at radius 1 is 1.08 bits per heavy atom. The standard InChI is InChI=1S/C24H25F4N7O/c1-13-31-21-19(35(13)16-9-24(27,28)10-16)8-14(11-29-21)18-6-7-34-20(18)12-30-23(33-34)32-15-2-4-17(5-3-15)36-22(25)26/h6-8,11-12,15-17,22H,2-5,9-10H2,1H3,(H,32,33)/t15-,17+. The molecule has 12 heteroatoms. The molecule has 1 N–H and O–H groups in total. The Labute approximate surface area is 203 Å². The first kappa shape index (κ1) is 23.1. The molecule has 0 aliphatic heterocycles. The van der Waals surface area contributed by atoms with Crippen LogP contribution in [0.3, 0.4) is 0 Å². The van der Waals surface area contributed by atoms with E-state index in [0.717, 1.165) is 22.2 Å². The van der Waals surface area contributed by atoms with Gasteiger partial charge in [0.05, 0.1) is 23.3 Å². The lowest BCUT2D eigenvalue weighted by molar-refractivity contribution is -0.169. The molecule has 2 fully saturated rings. The third kappa shape index (κ3) is 4.27. The molecule has 2 aliphatic rings. The zero-order valence-electron chi connectivity index (χ0n) is 19.5. The van der Waals surface area contributed by atoms with Crippen molar-refractivity contribution in [3.63, 3.8) is 0 Å². The number of hydrogen-bond acceptors (Lipinski definition) is 6. The first-order valence-corrected chi connectivity index (χ1v) is 12.0. The maximum Gasteiger partial charge on any atom is 0.345 e. The van der Waals surface area contributed by atoms with E-state index in [1.165, 1.54) is 0 Å². The van der Waals surface area contributed by atoms with Gasteiger partial charge in [-0.05, 0) is 44.7 Å². The van der Waals surface area contributed by atoms with Gasteiger partial charge in [-0.2, -0.15) is 8.78 Å². The lowest BCUT2D eigenvalue weighted by atomic mass is 9.87. The highest BCUT2D eigenvalue weighted by Gasteiger charge is 2.47. The number of nitrogens with one attached hydrogen (secondary N) is 1. The molecule has 2 aliphatic carbocycles. The molecule has 4 aromatic heterocycles. The molecule has 0 atom stereocenters. The van der Waals surface area contributed by atoms with Crippen LogP contribution in [0.2, 0.25) is 0 Å². The normalized spacial score (nSPS) is 22.4. The molecule has 190 valence electrons. The van der Waals surface area contributed by atoms with E-state index in [0.29, 0.717) is 43.1 Å². The molecule has 0 amide bonds. The number of nitrogens with zero attached hydrogens (tertiary/aromatic N) is 6. The maximum atomic E-state index is 13.5. The summed E-state index contributed by atoms with van der Waals surface area (Å²) in [7, 11) is 0. The van der Waals surface area contributed by atoms with Crippen molar-refractivity contribution in [1.29, 1.82) is 0 Å². The topological polar surface area (TPSA) is 82.2 Å². The summed E-state index contributed by atoms with van der Waals surface area (Å²) in [5.74, 6) is -1.50. The van der Waals surface area contributed by atoms with E-state index in [2.05, 4.69) is 30.1 Å². The van der Waals surface area contributed by atoms with Crippen LogP contribution in [-0.4, -0.2) is 53.8 Å². The fourth-order valence-electron chi connectivity index (χ4n) is 5.39. The molecule has 0 bridgehead atoms. The number of halogens is 4. The number of aryl methyl sites for hydroxylation is 1. The number of pyridine rings is 1. The molecule has 36 heavy (non-hydrogen) atoms. The van der Waals surface area contributed by atoms with Gasteiger partial charge in [0.25, 0.3) is 5.92 Å². The van der Waals surface area contributed by atoms with Crippen LogP contribution in [0.5, 0.6) is 0 Å². The summed E-state index contributed by atoms with van der Waals surface area (Å²) in [5.41, 5.74) is 3.72. The van der Waals surface area contributed by atoms with Crippen molar-refractivity contribution in [1.82, 2.24) is 29.1 Å². The van der Waals surface area contributed by atoms with Gasteiger partial charge in [0, 0.05) is 48.4 Å². The van der Waals surface area contributed by atoms with Crippen molar-refractivity contribution < 1.29 is 22.3 Å². The Bertz CT molecular complexity index is 1400. The van der Waals surface area contributed by atoms with Crippen molar-refractivity contribution in [2.45, 2.75) is 76.2 Å². The lowest BCUT2D eigenvalue weighted by Gasteiger charge is -2.36. The molecule has 6 rings (SSSR count). The van der Waals surface area contributed by atoms with Gasteiger partial charge >= 0.3 is 6.61 Å². The summed E-state index contributed by atoms with van der Waals surface area (Å²) in [4.78, 5) is 13.4. The Kier molecular flexibility index (Phi) is 5.58. The van der Waals surface area contributed by atoms with Crippen LogP contribution in [0.15, 0.2) is 30.7 Å². The maximum absolute atomic E-state index is 13.5. The number of rotatable bonds is 6. The van der Waals surface area contributed by atoms with Gasteiger partial charge in [0.1, 0.15) is 5.82 Å². The zero-order chi connectivity index (χ0) is 25.0. The van der Waals surface area contributed by atoms with Crippen LogP contribution in [0.25, 0.3) is 27.8 Å². The minimum atomic E-state index is -2.74. The number of aromatic nitrogens is 6. The van der Waals surface area contributed by atoms with Crippen molar-refractivity contribution in [3.8, 4) is 11.1 Å². The van der Waals surface area contributed by atoms with Crippen LogP contribution in [-0.2, 0) is 4.74 Å². The summed E-state index contributed by atoms with van der Waals surface area (Å²) in [6, 6.07) is 3.64. The van der Waals surface area contributed by atoms with Gasteiger partial charge in [0.15, 0.2) is 5.65 Å². The summed E-state index contributed by atoms with van der Waals surface area (Å²) in [6.45, 7) is -0.927. The average molecular weight is 504 g/mol. The molecule has 0 radical (unpaired) electrons. The largest absolute Gasteiger partial charge is 0.350 e. The number of ether oxygens (including phenoxy) is 1. The summed E-state index contributed by atoms with van der Waals surface area (Å²) < 4.78 is 60.1. The molecule has 0 unspecified atom stereocenters. The van der Waals surface area contributed by atoms with Crippen molar-refractivity contribution in [3.05, 3.63) is 36.5 Å². The fourth-order valence-corrected chi connectivity index (χ4v) is 5.39. The third-order valence-electron chi connectivity index (χ3n) is 7.19. The molecule has 8 nitrogen and oxygen atoms in total. The molecular formula is C24H25F4N7O. The summed E-state index contributed by atoms with van der Waals surface area (Å²) >= 11 is 0. The highest BCUT2D eigenvalue weighted by Crippen LogP contribution is 2.47. The molecule has 0 aromatic carbocycles. The smallest absolute Gasteiger partial charge is 0.345 e. The minimum Gasteiger partial charge on any atom is -0.350 e. The number of alkyl halides is 4. The first-order valence-electron chi connectivity index (χ1n) is 12.0. The van der Waals surface area contributed by atoms with E-state index in [4.69, 9.17) is 0 Å². The number of fused-ring (bicyclic) bond motifs is 2. The number of hydrogen-bond donors (Lipinski definition) is 1. The molecule has 2 saturated carbocycles. The van der Waals surface area contributed by atoms with E-state index in [1.807, 2.05) is 29.8 Å². The van der Waals surface area contributed by atoms with Crippen molar-refractivity contribution in [2.24, 2.45) is 0 Å². The van der Waals surface area contributed by atoms with Gasteiger partial charge in [0.2, 0.25) is 5.95 Å². The molecule has 4 heterocycles. The predicted molar refractivity (Wildman–Crippen MR) is 124 cm³/mol. The molecule has 0 spiro atoms. The number of imidazole rings is 1. The summed E-state index contributed by atoms with van der Waals surface area (Å²) in [5, 5.41) is 7.85.